The van der Waals surface area contributed by atoms with E-state index in [2.05, 4.69) is 15.6 Å². The SMILES string of the molecule is CC1(C(=O)Nc2ccc(Cl)c3cccnc23)CCCN1. The molecule has 0 spiro atoms. The predicted molar refractivity (Wildman–Crippen MR) is 81.0 cm³/mol. The number of rotatable bonds is 2. The van der Waals surface area contributed by atoms with Crippen LogP contribution < -0.4 is 10.6 Å². The van der Waals surface area contributed by atoms with Crippen LogP contribution in [0.15, 0.2) is 30.5 Å². The Morgan fingerprint density at radius 1 is 1.45 bits per heavy atom. The van der Waals surface area contributed by atoms with Crippen molar-refractivity contribution >= 4 is 34.1 Å². The molecular formula is C15H16ClN3O. The minimum absolute atomic E-state index is 0.0238. The number of halogens is 1. The van der Waals surface area contributed by atoms with Gasteiger partial charge in [-0.2, -0.15) is 0 Å². The minimum Gasteiger partial charge on any atom is -0.323 e. The third kappa shape index (κ3) is 2.25. The van der Waals surface area contributed by atoms with Crippen molar-refractivity contribution < 1.29 is 4.79 Å². The molecule has 1 aromatic heterocycles. The van der Waals surface area contributed by atoms with E-state index in [1.165, 1.54) is 0 Å². The minimum atomic E-state index is -0.499. The molecule has 1 aromatic carbocycles. The van der Waals surface area contributed by atoms with E-state index in [0.717, 1.165) is 30.3 Å². The molecule has 20 heavy (non-hydrogen) atoms. The van der Waals surface area contributed by atoms with Gasteiger partial charge in [0.25, 0.3) is 0 Å². The summed E-state index contributed by atoms with van der Waals surface area (Å²) in [5.41, 5.74) is 0.917. The zero-order valence-corrected chi connectivity index (χ0v) is 12.0. The molecule has 1 fully saturated rings. The second-order valence-electron chi connectivity index (χ2n) is 5.31. The van der Waals surface area contributed by atoms with Crippen molar-refractivity contribution in [3.8, 4) is 0 Å². The molecule has 2 N–H and O–H groups in total. The molecular weight excluding hydrogens is 274 g/mol. The fourth-order valence-electron chi connectivity index (χ4n) is 2.59. The molecule has 0 bridgehead atoms. The molecule has 1 atom stereocenters. The van der Waals surface area contributed by atoms with Crippen molar-refractivity contribution in [2.75, 3.05) is 11.9 Å². The predicted octanol–water partition coefficient (Wildman–Crippen LogP) is 2.97. The van der Waals surface area contributed by atoms with Crippen LogP contribution in [0, 0.1) is 0 Å². The lowest BCUT2D eigenvalue weighted by Crippen LogP contribution is -2.48. The van der Waals surface area contributed by atoms with Crippen LogP contribution in [0.1, 0.15) is 19.8 Å². The molecule has 1 unspecified atom stereocenters. The average Bonchev–Trinajstić information content (AvgIpc) is 2.90. The standard InChI is InChI=1S/C15H16ClN3O/c1-15(7-3-9-18-15)14(20)19-12-6-5-11(16)10-4-2-8-17-13(10)12/h2,4-6,8,18H,3,7,9H2,1H3,(H,19,20). The van der Waals surface area contributed by atoms with Crippen molar-refractivity contribution in [1.82, 2.24) is 10.3 Å². The van der Waals surface area contributed by atoms with E-state index in [1.807, 2.05) is 19.1 Å². The maximum absolute atomic E-state index is 12.4. The van der Waals surface area contributed by atoms with Crippen LogP contribution >= 0.6 is 11.6 Å². The third-order valence-corrected chi connectivity index (χ3v) is 4.16. The van der Waals surface area contributed by atoms with Gasteiger partial charge in [-0.1, -0.05) is 11.6 Å². The quantitative estimate of drug-likeness (QED) is 0.894. The van der Waals surface area contributed by atoms with Crippen molar-refractivity contribution in [2.45, 2.75) is 25.3 Å². The normalized spacial score (nSPS) is 22.1. The van der Waals surface area contributed by atoms with Crippen LogP contribution in [0.25, 0.3) is 10.9 Å². The van der Waals surface area contributed by atoms with Gasteiger partial charge in [-0.3, -0.25) is 9.78 Å². The van der Waals surface area contributed by atoms with E-state index in [9.17, 15) is 4.79 Å². The number of fused-ring (bicyclic) bond motifs is 1. The highest BCUT2D eigenvalue weighted by atomic mass is 35.5. The maximum Gasteiger partial charge on any atom is 0.244 e. The van der Waals surface area contributed by atoms with Gasteiger partial charge in [0.05, 0.1) is 21.8 Å². The van der Waals surface area contributed by atoms with Gasteiger partial charge in [-0.25, -0.2) is 0 Å². The van der Waals surface area contributed by atoms with Gasteiger partial charge in [0.1, 0.15) is 0 Å². The van der Waals surface area contributed by atoms with E-state index in [0.29, 0.717) is 10.7 Å². The number of amides is 1. The Labute approximate surface area is 122 Å². The average molecular weight is 290 g/mol. The summed E-state index contributed by atoms with van der Waals surface area (Å²) in [7, 11) is 0. The number of nitrogens with zero attached hydrogens (tertiary/aromatic N) is 1. The Balaban J connectivity index is 1.95. The van der Waals surface area contributed by atoms with E-state index >= 15 is 0 Å². The number of nitrogens with one attached hydrogen (secondary N) is 2. The smallest absolute Gasteiger partial charge is 0.244 e. The van der Waals surface area contributed by atoms with Crippen LogP contribution in [-0.2, 0) is 4.79 Å². The zero-order chi connectivity index (χ0) is 14.2. The molecule has 1 amide bonds. The number of carbonyl (C=O) groups is 1. The lowest BCUT2D eigenvalue weighted by molar-refractivity contribution is -0.121. The molecule has 5 heteroatoms. The number of aromatic nitrogens is 1. The summed E-state index contributed by atoms with van der Waals surface area (Å²) in [5.74, 6) is -0.0238. The molecule has 2 heterocycles. The van der Waals surface area contributed by atoms with Gasteiger partial charge in [0, 0.05) is 11.6 Å². The van der Waals surface area contributed by atoms with E-state index in [4.69, 9.17) is 11.6 Å². The summed E-state index contributed by atoms with van der Waals surface area (Å²) in [6, 6.07) is 7.31. The number of pyridine rings is 1. The summed E-state index contributed by atoms with van der Waals surface area (Å²) in [6.07, 6.45) is 3.56. The van der Waals surface area contributed by atoms with E-state index < -0.39 is 5.54 Å². The first-order valence-electron chi connectivity index (χ1n) is 6.70. The second kappa shape index (κ2) is 5.04. The number of carbonyl (C=O) groups excluding carboxylic acids is 1. The number of benzene rings is 1. The third-order valence-electron chi connectivity index (χ3n) is 3.83. The van der Waals surface area contributed by atoms with Gasteiger partial charge >= 0.3 is 0 Å². The van der Waals surface area contributed by atoms with Gasteiger partial charge in [0.2, 0.25) is 5.91 Å². The van der Waals surface area contributed by atoms with E-state index in [-0.39, 0.29) is 5.91 Å². The Bertz CT molecular complexity index is 665. The van der Waals surface area contributed by atoms with Crippen molar-refractivity contribution in [3.63, 3.8) is 0 Å². The Hall–Kier alpha value is -1.65. The van der Waals surface area contributed by atoms with Crippen molar-refractivity contribution in [3.05, 3.63) is 35.5 Å². The monoisotopic (exact) mass is 289 g/mol. The number of hydrogen-bond acceptors (Lipinski definition) is 3. The molecule has 4 nitrogen and oxygen atoms in total. The molecule has 1 aliphatic heterocycles. The lowest BCUT2D eigenvalue weighted by atomic mass is 9.99. The Morgan fingerprint density at radius 3 is 3.05 bits per heavy atom. The number of anilines is 1. The van der Waals surface area contributed by atoms with Crippen LogP contribution in [0.4, 0.5) is 5.69 Å². The fourth-order valence-corrected chi connectivity index (χ4v) is 2.80. The highest BCUT2D eigenvalue weighted by Gasteiger charge is 2.36. The molecule has 3 rings (SSSR count). The fraction of sp³-hybridized carbons (Fsp3) is 0.333. The first-order valence-corrected chi connectivity index (χ1v) is 7.08. The van der Waals surface area contributed by atoms with Crippen molar-refractivity contribution in [2.24, 2.45) is 0 Å². The summed E-state index contributed by atoms with van der Waals surface area (Å²) >= 11 is 6.15. The molecule has 2 aromatic rings. The van der Waals surface area contributed by atoms with Gasteiger partial charge in [-0.05, 0) is 50.6 Å². The van der Waals surface area contributed by atoms with Gasteiger partial charge in [0.15, 0.2) is 0 Å². The number of hydrogen-bond donors (Lipinski definition) is 2. The molecule has 0 aliphatic carbocycles. The molecule has 1 aliphatic rings. The van der Waals surface area contributed by atoms with Crippen LogP contribution in [0.3, 0.4) is 0 Å². The first-order chi connectivity index (χ1) is 9.60. The molecule has 0 radical (unpaired) electrons. The molecule has 0 saturated carbocycles. The van der Waals surface area contributed by atoms with Gasteiger partial charge < -0.3 is 10.6 Å². The van der Waals surface area contributed by atoms with Gasteiger partial charge in [-0.15, -0.1) is 0 Å². The highest BCUT2D eigenvalue weighted by molar-refractivity contribution is 6.36. The van der Waals surface area contributed by atoms with Crippen molar-refractivity contribution in [1.29, 1.82) is 0 Å². The first kappa shape index (κ1) is 13.3. The molecule has 1 saturated heterocycles. The van der Waals surface area contributed by atoms with Crippen LogP contribution in [-0.4, -0.2) is 23.0 Å². The lowest BCUT2D eigenvalue weighted by Gasteiger charge is -2.23. The summed E-state index contributed by atoms with van der Waals surface area (Å²) in [6.45, 7) is 2.81. The van der Waals surface area contributed by atoms with Crippen LogP contribution in [0.2, 0.25) is 5.02 Å². The summed E-state index contributed by atoms with van der Waals surface area (Å²) < 4.78 is 0. The highest BCUT2D eigenvalue weighted by Crippen LogP contribution is 2.29. The van der Waals surface area contributed by atoms with Crippen LogP contribution in [0.5, 0.6) is 0 Å². The largest absolute Gasteiger partial charge is 0.323 e. The molecule has 104 valence electrons. The maximum atomic E-state index is 12.4. The summed E-state index contributed by atoms with van der Waals surface area (Å²) in [5, 5.41) is 7.71. The Morgan fingerprint density at radius 2 is 2.30 bits per heavy atom. The topological polar surface area (TPSA) is 54.0 Å². The second-order valence-corrected chi connectivity index (χ2v) is 5.72. The summed E-state index contributed by atoms with van der Waals surface area (Å²) in [4.78, 5) is 16.8. The zero-order valence-electron chi connectivity index (χ0n) is 11.2. The van der Waals surface area contributed by atoms with E-state index in [1.54, 1.807) is 18.3 Å². The Kier molecular flexibility index (Phi) is 3.36.